The standard InChI is InChI=1S/C14H11ClN6O/c1-21-14(18-13(20-21)11-3-2-6-22-11)17-10-5-4-9-8(12(10)15)7-16-19-9/h2-7H,1H3,(H,16,19)(H,17,18,20). The van der Waals surface area contributed by atoms with Crippen molar-refractivity contribution in [1.82, 2.24) is 25.0 Å². The summed E-state index contributed by atoms with van der Waals surface area (Å²) in [4.78, 5) is 4.42. The van der Waals surface area contributed by atoms with Gasteiger partial charge in [0.25, 0.3) is 0 Å². The Bertz CT molecular complexity index is 940. The largest absolute Gasteiger partial charge is 0.461 e. The molecule has 0 aliphatic heterocycles. The van der Waals surface area contributed by atoms with E-state index in [2.05, 4.69) is 25.6 Å². The molecule has 8 heteroatoms. The third kappa shape index (κ3) is 2.03. The van der Waals surface area contributed by atoms with Crippen molar-refractivity contribution >= 4 is 34.1 Å². The van der Waals surface area contributed by atoms with E-state index in [1.165, 1.54) is 0 Å². The van der Waals surface area contributed by atoms with Crippen molar-refractivity contribution in [2.45, 2.75) is 0 Å². The van der Waals surface area contributed by atoms with Gasteiger partial charge in [0, 0.05) is 12.4 Å². The average Bonchev–Trinajstić information content (AvgIpc) is 3.23. The third-order valence-corrected chi connectivity index (χ3v) is 3.72. The molecule has 7 nitrogen and oxygen atoms in total. The number of hydrogen-bond acceptors (Lipinski definition) is 5. The van der Waals surface area contributed by atoms with Gasteiger partial charge in [0.05, 0.1) is 28.7 Å². The molecule has 110 valence electrons. The Morgan fingerprint density at radius 1 is 1.32 bits per heavy atom. The number of aromatic nitrogens is 5. The van der Waals surface area contributed by atoms with E-state index in [0.29, 0.717) is 22.6 Å². The van der Waals surface area contributed by atoms with Gasteiger partial charge in [-0.1, -0.05) is 11.6 Å². The number of nitrogens with zero attached hydrogens (tertiary/aromatic N) is 4. The van der Waals surface area contributed by atoms with Crippen LogP contribution >= 0.6 is 11.6 Å². The zero-order chi connectivity index (χ0) is 15.1. The first-order chi connectivity index (χ1) is 10.7. The summed E-state index contributed by atoms with van der Waals surface area (Å²) in [5.74, 6) is 1.69. The van der Waals surface area contributed by atoms with Gasteiger partial charge in [-0.05, 0) is 24.3 Å². The molecule has 0 atom stereocenters. The van der Waals surface area contributed by atoms with Crippen LogP contribution in [-0.2, 0) is 7.05 Å². The number of anilines is 2. The second kappa shape index (κ2) is 4.88. The smallest absolute Gasteiger partial charge is 0.226 e. The maximum atomic E-state index is 6.39. The zero-order valence-corrected chi connectivity index (χ0v) is 12.3. The molecular formula is C14H11ClN6O. The van der Waals surface area contributed by atoms with Crippen LogP contribution in [0.5, 0.6) is 0 Å². The first kappa shape index (κ1) is 12.9. The second-order valence-electron chi connectivity index (χ2n) is 4.74. The minimum atomic E-state index is 0.510. The fraction of sp³-hybridized carbons (Fsp3) is 0.0714. The Morgan fingerprint density at radius 2 is 2.23 bits per heavy atom. The minimum absolute atomic E-state index is 0.510. The van der Waals surface area contributed by atoms with Gasteiger partial charge in [0.1, 0.15) is 0 Å². The van der Waals surface area contributed by atoms with Crippen LogP contribution in [0.15, 0.2) is 41.1 Å². The van der Waals surface area contributed by atoms with Crippen molar-refractivity contribution in [3.05, 3.63) is 41.7 Å². The number of H-pyrrole nitrogens is 1. The monoisotopic (exact) mass is 314 g/mol. The van der Waals surface area contributed by atoms with E-state index < -0.39 is 0 Å². The molecule has 0 saturated heterocycles. The van der Waals surface area contributed by atoms with Gasteiger partial charge in [-0.25, -0.2) is 4.68 Å². The summed E-state index contributed by atoms with van der Waals surface area (Å²) in [5.41, 5.74) is 1.61. The summed E-state index contributed by atoms with van der Waals surface area (Å²) in [7, 11) is 1.80. The first-order valence-corrected chi connectivity index (χ1v) is 6.93. The summed E-state index contributed by atoms with van der Waals surface area (Å²) < 4.78 is 6.94. The molecule has 4 aromatic rings. The van der Waals surface area contributed by atoms with Crippen molar-refractivity contribution in [3.63, 3.8) is 0 Å². The van der Waals surface area contributed by atoms with Gasteiger partial charge in [0.2, 0.25) is 11.8 Å². The highest BCUT2D eigenvalue weighted by molar-refractivity contribution is 6.38. The number of aromatic amines is 1. The van der Waals surface area contributed by atoms with Gasteiger partial charge in [-0.15, -0.1) is 5.10 Å². The number of rotatable bonds is 3. The molecule has 22 heavy (non-hydrogen) atoms. The molecule has 2 N–H and O–H groups in total. The molecule has 3 aromatic heterocycles. The van der Waals surface area contributed by atoms with Crippen LogP contribution < -0.4 is 5.32 Å². The lowest BCUT2D eigenvalue weighted by molar-refractivity contribution is 0.576. The molecule has 1 aromatic carbocycles. The van der Waals surface area contributed by atoms with Gasteiger partial charge in [0.15, 0.2) is 5.76 Å². The van der Waals surface area contributed by atoms with Crippen LogP contribution in [0, 0.1) is 0 Å². The van der Waals surface area contributed by atoms with Crippen LogP contribution in [0.4, 0.5) is 11.6 Å². The fourth-order valence-electron chi connectivity index (χ4n) is 2.20. The Balaban J connectivity index is 1.72. The number of aryl methyl sites for hydroxylation is 1. The van der Waals surface area contributed by atoms with Crippen molar-refractivity contribution in [2.75, 3.05) is 5.32 Å². The lowest BCUT2D eigenvalue weighted by atomic mass is 10.2. The van der Waals surface area contributed by atoms with Gasteiger partial charge in [-0.3, -0.25) is 5.10 Å². The summed E-state index contributed by atoms with van der Waals surface area (Å²) >= 11 is 6.39. The molecule has 0 amide bonds. The van der Waals surface area contributed by atoms with E-state index in [9.17, 15) is 0 Å². The van der Waals surface area contributed by atoms with Gasteiger partial charge < -0.3 is 9.73 Å². The molecule has 0 aliphatic rings. The molecule has 0 unspecified atom stereocenters. The third-order valence-electron chi connectivity index (χ3n) is 3.31. The van der Waals surface area contributed by atoms with Crippen LogP contribution in [0.25, 0.3) is 22.5 Å². The first-order valence-electron chi connectivity index (χ1n) is 6.56. The summed E-state index contributed by atoms with van der Waals surface area (Å²) in [6, 6.07) is 7.37. The number of halogens is 1. The van der Waals surface area contributed by atoms with E-state index in [-0.39, 0.29) is 0 Å². The number of fused-ring (bicyclic) bond motifs is 1. The van der Waals surface area contributed by atoms with Crippen LogP contribution in [-0.4, -0.2) is 25.0 Å². The lowest BCUT2D eigenvalue weighted by Gasteiger charge is -2.07. The predicted octanol–water partition coefficient (Wildman–Crippen LogP) is 3.35. The average molecular weight is 315 g/mol. The Hall–Kier alpha value is -2.80. The van der Waals surface area contributed by atoms with E-state index in [1.54, 1.807) is 30.3 Å². The van der Waals surface area contributed by atoms with Gasteiger partial charge in [-0.2, -0.15) is 10.1 Å². The SMILES string of the molecule is Cn1nc(-c2ccco2)nc1Nc1ccc2[nH]ncc2c1Cl. The highest BCUT2D eigenvalue weighted by atomic mass is 35.5. The fourth-order valence-corrected chi connectivity index (χ4v) is 2.46. The van der Waals surface area contributed by atoms with E-state index in [1.807, 2.05) is 18.2 Å². The van der Waals surface area contributed by atoms with Gasteiger partial charge >= 0.3 is 0 Å². The minimum Gasteiger partial charge on any atom is -0.461 e. The van der Waals surface area contributed by atoms with Crippen molar-refractivity contribution in [3.8, 4) is 11.6 Å². The van der Waals surface area contributed by atoms with Crippen molar-refractivity contribution in [2.24, 2.45) is 7.05 Å². The van der Waals surface area contributed by atoms with Crippen LogP contribution in [0.1, 0.15) is 0 Å². The number of furan rings is 1. The lowest BCUT2D eigenvalue weighted by Crippen LogP contribution is -2.00. The summed E-state index contributed by atoms with van der Waals surface area (Å²) in [6.45, 7) is 0. The van der Waals surface area contributed by atoms with E-state index >= 15 is 0 Å². The molecule has 0 radical (unpaired) electrons. The normalized spacial score (nSPS) is 11.2. The number of nitrogens with one attached hydrogen (secondary N) is 2. The molecule has 3 heterocycles. The highest BCUT2D eigenvalue weighted by Gasteiger charge is 2.13. The van der Waals surface area contributed by atoms with E-state index in [0.717, 1.165) is 16.6 Å². The highest BCUT2D eigenvalue weighted by Crippen LogP contribution is 2.31. The maximum Gasteiger partial charge on any atom is 0.226 e. The Kier molecular flexibility index (Phi) is 2.87. The molecule has 4 rings (SSSR count). The quantitative estimate of drug-likeness (QED) is 0.606. The molecule has 0 saturated carbocycles. The molecular weight excluding hydrogens is 304 g/mol. The number of hydrogen-bond donors (Lipinski definition) is 2. The summed E-state index contributed by atoms with van der Waals surface area (Å²) in [5, 5.41) is 15.8. The Labute approximate surface area is 129 Å². The second-order valence-corrected chi connectivity index (χ2v) is 5.12. The maximum absolute atomic E-state index is 6.39. The topological polar surface area (TPSA) is 84.6 Å². The van der Waals surface area contributed by atoms with Crippen LogP contribution in [0.3, 0.4) is 0 Å². The Morgan fingerprint density at radius 3 is 3.05 bits per heavy atom. The van der Waals surface area contributed by atoms with Crippen molar-refractivity contribution in [1.29, 1.82) is 0 Å². The van der Waals surface area contributed by atoms with Crippen molar-refractivity contribution < 1.29 is 4.42 Å². The van der Waals surface area contributed by atoms with Crippen LogP contribution in [0.2, 0.25) is 5.02 Å². The van der Waals surface area contributed by atoms with E-state index in [4.69, 9.17) is 16.0 Å². The molecule has 0 aliphatic carbocycles. The molecule has 0 fully saturated rings. The predicted molar refractivity (Wildman–Crippen MR) is 83.1 cm³/mol. The molecule has 0 spiro atoms. The zero-order valence-electron chi connectivity index (χ0n) is 11.5. The number of benzene rings is 1. The molecule has 0 bridgehead atoms. The summed E-state index contributed by atoms with van der Waals surface area (Å²) in [6.07, 6.45) is 3.27.